The van der Waals surface area contributed by atoms with Gasteiger partial charge in [0.25, 0.3) is 5.91 Å². The Labute approximate surface area is 123 Å². The predicted molar refractivity (Wildman–Crippen MR) is 80.1 cm³/mol. The maximum atomic E-state index is 12.4. The second-order valence-corrected chi connectivity index (χ2v) is 6.06. The number of halogens is 1. The van der Waals surface area contributed by atoms with Crippen LogP contribution in [0.4, 0.5) is 0 Å². The maximum absolute atomic E-state index is 12.4. The summed E-state index contributed by atoms with van der Waals surface area (Å²) in [6.45, 7) is 4.02. The zero-order chi connectivity index (χ0) is 13.7. The summed E-state index contributed by atoms with van der Waals surface area (Å²) in [5.41, 5.74) is 0.732. The smallest absolute Gasteiger partial charge is 0.254 e. The van der Waals surface area contributed by atoms with Crippen molar-refractivity contribution in [2.45, 2.75) is 39.0 Å². The van der Waals surface area contributed by atoms with Crippen LogP contribution in [0.5, 0.6) is 0 Å². The van der Waals surface area contributed by atoms with E-state index >= 15 is 0 Å². The minimum Gasteiger partial charge on any atom is -0.339 e. The molecule has 1 saturated heterocycles. The molecule has 0 aliphatic carbocycles. The van der Waals surface area contributed by atoms with Gasteiger partial charge in [-0.25, -0.2) is 4.98 Å². The number of rotatable bonds is 3. The van der Waals surface area contributed by atoms with Gasteiger partial charge < -0.3 is 4.90 Å². The quantitative estimate of drug-likeness (QED) is 0.790. The van der Waals surface area contributed by atoms with E-state index in [4.69, 9.17) is 0 Å². The van der Waals surface area contributed by atoms with Crippen molar-refractivity contribution in [2.75, 3.05) is 13.1 Å². The van der Waals surface area contributed by atoms with Gasteiger partial charge in [-0.15, -0.1) is 0 Å². The highest BCUT2D eigenvalue weighted by atomic mass is 79.9. The minimum absolute atomic E-state index is 0.139. The Hall–Kier alpha value is -0.900. The normalized spacial score (nSPS) is 20.1. The van der Waals surface area contributed by atoms with Crippen molar-refractivity contribution in [3.8, 4) is 0 Å². The molecule has 0 aromatic carbocycles. The van der Waals surface area contributed by atoms with Crippen molar-refractivity contribution in [3.05, 3.63) is 28.5 Å². The van der Waals surface area contributed by atoms with Gasteiger partial charge in [-0.05, 0) is 53.2 Å². The number of hydrogen-bond acceptors (Lipinski definition) is 2. The van der Waals surface area contributed by atoms with E-state index in [0.717, 1.165) is 42.0 Å². The Morgan fingerprint density at radius 1 is 1.47 bits per heavy atom. The number of pyridine rings is 1. The van der Waals surface area contributed by atoms with Crippen molar-refractivity contribution < 1.29 is 4.79 Å². The van der Waals surface area contributed by atoms with Gasteiger partial charge in [0.2, 0.25) is 0 Å². The van der Waals surface area contributed by atoms with E-state index in [-0.39, 0.29) is 5.91 Å². The molecule has 19 heavy (non-hydrogen) atoms. The van der Waals surface area contributed by atoms with Gasteiger partial charge in [0, 0.05) is 24.8 Å². The lowest BCUT2D eigenvalue weighted by Crippen LogP contribution is -2.32. The lowest BCUT2D eigenvalue weighted by molar-refractivity contribution is 0.0759. The minimum atomic E-state index is 0.139. The molecule has 1 amide bonds. The summed E-state index contributed by atoms with van der Waals surface area (Å²) in [7, 11) is 0. The highest BCUT2D eigenvalue weighted by Crippen LogP contribution is 2.23. The summed E-state index contributed by atoms with van der Waals surface area (Å²) in [5, 5.41) is 0. The molecular formula is C15H21BrN2O. The number of likely N-dealkylation sites (tertiary alicyclic amines) is 1. The molecule has 2 heterocycles. The summed E-state index contributed by atoms with van der Waals surface area (Å²) in [6, 6.07) is 3.60. The van der Waals surface area contributed by atoms with Crippen LogP contribution in [-0.4, -0.2) is 28.9 Å². The van der Waals surface area contributed by atoms with Crippen LogP contribution in [-0.2, 0) is 0 Å². The lowest BCUT2D eigenvalue weighted by Gasteiger charge is -2.20. The molecule has 0 saturated carbocycles. The third-order valence-electron chi connectivity index (χ3n) is 3.81. The topological polar surface area (TPSA) is 33.2 Å². The Morgan fingerprint density at radius 2 is 2.32 bits per heavy atom. The van der Waals surface area contributed by atoms with Crippen LogP contribution in [0.3, 0.4) is 0 Å². The van der Waals surface area contributed by atoms with Crippen molar-refractivity contribution in [1.82, 2.24) is 9.88 Å². The fourth-order valence-electron chi connectivity index (χ4n) is 2.78. The second kappa shape index (κ2) is 7.04. The standard InChI is InChI=1S/C15H21BrN2O/c1-2-4-12-5-3-9-18(10-7-12)15(19)13-6-8-17-14(16)11-13/h6,8,11-12H,2-5,7,9-10H2,1H3. The predicted octanol–water partition coefficient (Wildman–Crippen LogP) is 3.89. The number of carbonyl (C=O) groups is 1. The highest BCUT2D eigenvalue weighted by molar-refractivity contribution is 9.10. The first-order valence-corrected chi connectivity index (χ1v) is 7.91. The first kappa shape index (κ1) is 14.5. The van der Waals surface area contributed by atoms with Gasteiger partial charge in [0.15, 0.2) is 0 Å². The van der Waals surface area contributed by atoms with E-state index < -0.39 is 0 Å². The average Bonchev–Trinajstić information content (AvgIpc) is 2.64. The van der Waals surface area contributed by atoms with Crippen LogP contribution in [0.25, 0.3) is 0 Å². The third kappa shape index (κ3) is 4.03. The molecule has 2 rings (SSSR count). The second-order valence-electron chi connectivity index (χ2n) is 5.25. The average molecular weight is 325 g/mol. The SMILES string of the molecule is CCCC1CCCN(C(=O)c2ccnc(Br)c2)CC1. The van der Waals surface area contributed by atoms with Gasteiger partial charge in [-0.1, -0.05) is 19.8 Å². The molecule has 1 aromatic rings. The van der Waals surface area contributed by atoms with Crippen LogP contribution >= 0.6 is 15.9 Å². The summed E-state index contributed by atoms with van der Waals surface area (Å²) < 4.78 is 0.719. The fraction of sp³-hybridized carbons (Fsp3) is 0.600. The van der Waals surface area contributed by atoms with E-state index in [1.54, 1.807) is 18.3 Å². The maximum Gasteiger partial charge on any atom is 0.254 e. The molecule has 4 heteroatoms. The molecule has 0 bridgehead atoms. The number of aromatic nitrogens is 1. The molecule has 0 N–H and O–H groups in total. The zero-order valence-electron chi connectivity index (χ0n) is 11.4. The molecule has 0 spiro atoms. The van der Waals surface area contributed by atoms with Crippen LogP contribution in [0.2, 0.25) is 0 Å². The largest absolute Gasteiger partial charge is 0.339 e. The molecular weight excluding hydrogens is 304 g/mol. The first-order chi connectivity index (χ1) is 9.20. The molecule has 104 valence electrons. The Kier molecular flexibility index (Phi) is 5.37. The van der Waals surface area contributed by atoms with E-state index in [2.05, 4.69) is 27.8 Å². The van der Waals surface area contributed by atoms with Crippen LogP contribution in [0, 0.1) is 5.92 Å². The Morgan fingerprint density at radius 3 is 3.05 bits per heavy atom. The zero-order valence-corrected chi connectivity index (χ0v) is 13.0. The molecule has 1 fully saturated rings. The van der Waals surface area contributed by atoms with Gasteiger partial charge in [-0.3, -0.25) is 4.79 Å². The highest BCUT2D eigenvalue weighted by Gasteiger charge is 2.21. The van der Waals surface area contributed by atoms with Gasteiger partial charge in [-0.2, -0.15) is 0 Å². The fourth-order valence-corrected chi connectivity index (χ4v) is 3.15. The molecule has 1 atom stereocenters. The van der Waals surface area contributed by atoms with E-state index in [0.29, 0.717) is 0 Å². The van der Waals surface area contributed by atoms with E-state index in [1.807, 2.05) is 4.90 Å². The molecule has 1 unspecified atom stereocenters. The number of hydrogen-bond donors (Lipinski definition) is 0. The number of carbonyl (C=O) groups excluding carboxylic acids is 1. The van der Waals surface area contributed by atoms with Gasteiger partial charge in [0.1, 0.15) is 4.60 Å². The molecule has 1 aliphatic heterocycles. The summed E-state index contributed by atoms with van der Waals surface area (Å²) in [5.74, 6) is 0.937. The third-order valence-corrected chi connectivity index (χ3v) is 4.24. The van der Waals surface area contributed by atoms with E-state index in [9.17, 15) is 4.79 Å². The van der Waals surface area contributed by atoms with Crippen LogP contribution in [0.15, 0.2) is 22.9 Å². The monoisotopic (exact) mass is 324 g/mol. The van der Waals surface area contributed by atoms with Crippen molar-refractivity contribution in [3.63, 3.8) is 0 Å². The van der Waals surface area contributed by atoms with E-state index in [1.165, 1.54) is 19.3 Å². The molecule has 0 radical (unpaired) electrons. The molecule has 1 aliphatic rings. The van der Waals surface area contributed by atoms with Crippen molar-refractivity contribution in [2.24, 2.45) is 5.92 Å². The van der Waals surface area contributed by atoms with Crippen molar-refractivity contribution >= 4 is 21.8 Å². The summed E-state index contributed by atoms with van der Waals surface area (Å²) in [6.07, 6.45) is 7.75. The Balaban J connectivity index is 2.00. The van der Waals surface area contributed by atoms with Gasteiger partial charge in [0.05, 0.1) is 0 Å². The lowest BCUT2D eigenvalue weighted by atomic mass is 9.96. The number of nitrogens with zero attached hydrogens (tertiary/aromatic N) is 2. The summed E-state index contributed by atoms with van der Waals surface area (Å²) >= 11 is 3.32. The molecule has 3 nitrogen and oxygen atoms in total. The van der Waals surface area contributed by atoms with Gasteiger partial charge >= 0.3 is 0 Å². The Bertz CT molecular complexity index is 436. The first-order valence-electron chi connectivity index (χ1n) is 7.11. The number of amides is 1. The van der Waals surface area contributed by atoms with Crippen molar-refractivity contribution in [1.29, 1.82) is 0 Å². The van der Waals surface area contributed by atoms with Crippen LogP contribution < -0.4 is 0 Å². The van der Waals surface area contributed by atoms with Crippen LogP contribution in [0.1, 0.15) is 49.4 Å². The summed E-state index contributed by atoms with van der Waals surface area (Å²) in [4.78, 5) is 18.5. The molecule has 1 aromatic heterocycles.